The Kier molecular flexibility index (Phi) is 3.12. The van der Waals surface area contributed by atoms with Crippen LogP contribution < -0.4 is 0 Å². The third kappa shape index (κ3) is 2.16. The van der Waals surface area contributed by atoms with E-state index in [0.29, 0.717) is 6.42 Å². The van der Waals surface area contributed by atoms with Gasteiger partial charge in [0.1, 0.15) is 0 Å². The summed E-state index contributed by atoms with van der Waals surface area (Å²) in [4.78, 5) is 11.6. The molecule has 0 saturated carbocycles. The fourth-order valence-electron chi connectivity index (χ4n) is 1.47. The van der Waals surface area contributed by atoms with Crippen LogP contribution in [0.5, 0.6) is 0 Å². The fraction of sp³-hybridized carbons (Fsp3) is 0.909. The van der Waals surface area contributed by atoms with Crippen LogP contribution in [0.4, 0.5) is 0 Å². The lowest BCUT2D eigenvalue weighted by molar-refractivity contribution is -0.165. The molecule has 1 saturated heterocycles. The van der Waals surface area contributed by atoms with Crippen LogP contribution in [0.2, 0.25) is 0 Å². The average Bonchev–Trinajstić information content (AvgIpc) is 2.42. The van der Waals surface area contributed by atoms with Crippen LogP contribution in [0, 0.1) is 5.41 Å². The lowest BCUT2D eigenvalue weighted by Gasteiger charge is -2.28. The summed E-state index contributed by atoms with van der Waals surface area (Å²) in [6.45, 7) is 9.16. The van der Waals surface area contributed by atoms with Crippen molar-refractivity contribution in [2.24, 2.45) is 5.41 Å². The molecule has 1 aliphatic heterocycles. The van der Waals surface area contributed by atoms with Crippen molar-refractivity contribution in [3.8, 4) is 0 Å². The standard InChI is InChI=1S/C11H20O4/c1-6-7(12)11(5)8(13)14-9(15-11)10(2,3)4/h7,9,12H,6H2,1-5H3/t7-,9-,11-/m1/s1. The largest absolute Gasteiger partial charge is 0.433 e. The van der Waals surface area contributed by atoms with Crippen molar-refractivity contribution < 1.29 is 19.4 Å². The molecule has 0 aromatic carbocycles. The minimum absolute atomic E-state index is 0.277. The van der Waals surface area contributed by atoms with Gasteiger partial charge in [-0.15, -0.1) is 0 Å². The number of aliphatic hydroxyl groups is 1. The smallest absolute Gasteiger partial charge is 0.343 e. The summed E-state index contributed by atoms with van der Waals surface area (Å²) in [6.07, 6.45) is -0.948. The number of aliphatic hydroxyl groups excluding tert-OH is 1. The maximum absolute atomic E-state index is 11.6. The molecule has 0 unspecified atom stereocenters. The Morgan fingerprint density at radius 1 is 1.53 bits per heavy atom. The van der Waals surface area contributed by atoms with Gasteiger partial charge in [-0.25, -0.2) is 4.79 Å². The number of carbonyl (C=O) groups is 1. The van der Waals surface area contributed by atoms with Crippen molar-refractivity contribution in [2.75, 3.05) is 0 Å². The van der Waals surface area contributed by atoms with Crippen molar-refractivity contribution in [3.05, 3.63) is 0 Å². The number of rotatable bonds is 2. The summed E-state index contributed by atoms with van der Waals surface area (Å²) >= 11 is 0. The molecule has 88 valence electrons. The number of carbonyl (C=O) groups excluding carboxylic acids is 1. The van der Waals surface area contributed by atoms with Crippen LogP contribution in [0.1, 0.15) is 41.0 Å². The second-order valence-corrected chi connectivity index (χ2v) is 5.25. The van der Waals surface area contributed by atoms with Gasteiger partial charge < -0.3 is 14.6 Å². The molecule has 0 bridgehead atoms. The zero-order valence-electron chi connectivity index (χ0n) is 10.0. The summed E-state index contributed by atoms with van der Waals surface area (Å²) in [5.41, 5.74) is -1.49. The van der Waals surface area contributed by atoms with Gasteiger partial charge in [0.05, 0.1) is 6.10 Å². The first-order chi connectivity index (χ1) is 6.71. The summed E-state index contributed by atoms with van der Waals surface area (Å²) in [5.74, 6) is -0.475. The molecule has 0 aliphatic carbocycles. The molecular weight excluding hydrogens is 196 g/mol. The van der Waals surface area contributed by atoms with E-state index < -0.39 is 24.0 Å². The monoisotopic (exact) mass is 216 g/mol. The van der Waals surface area contributed by atoms with Gasteiger partial charge in [0.2, 0.25) is 6.29 Å². The summed E-state index contributed by atoms with van der Waals surface area (Å²) in [5, 5.41) is 9.75. The Hall–Kier alpha value is -0.610. The van der Waals surface area contributed by atoms with E-state index in [9.17, 15) is 9.90 Å². The van der Waals surface area contributed by atoms with Crippen LogP contribution in [0.25, 0.3) is 0 Å². The Balaban J connectivity index is 2.85. The molecule has 0 aromatic rings. The Morgan fingerprint density at radius 2 is 2.07 bits per heavy atom. The first-order valence-electron chi connectivity index (χ1n) is 5.28. The number of hydrogen-bond donors (Lipinski definition) is 1. The van der Waals surface area contributed by atoms with E-state index in [1.165, 1.54) is 0 Å². The molecule has 1 aliphatic rings. The molecule has 15 heavy (non-hydrogen) atoms. The predicted molar refractivity (Wildman–Crippen MR) is 55.1 cm³/mol. The molecule has 4 heteroatoms. The van der Waals surface area contributed by atoms with Crippen LogP contribution in [0.3, 0.4) is 0 Å². The molecule has 0 aromatic heterocycles. The SMILES string of the molecule is CC[C@@H](O)[C@@]1(C)O[C@H](C(C)(C)C)OC1=O. The Bertz CT molecular complexity index is 256. The van der Waals surface area contributed by atoms with E-state index in [2.05, 4.69) is 0 Å². The minimum Gasteiger partial charge on any atom is -0.433 e. The summed E-state index contributed by atoms with van der Waals surface area (Å²) in [6, 6.07) is 0. The number of hydrogen-bond acceptors (Lipinski definition) is 4. The van der Waals surface area contributed by atoms with E-state index in [4.69, 9.17) is 9.47 Å². The van der Waals surface area contributed by atoms with E-state index in [0.717, 1.165) is 0 Å². The molecule has 3 atom stereocenters. The molecule has 0 amide bonds. The maximum atomic E-state index is 11.6. The molecule has 1 heterocycles. The highest BCUT2D eigenvalue weighted by atomic mass is 16.8. The van der Waals surface area contributed by atoms with E-state index in [-0.39, 0.29) is 5.41 Å². The third-order valence-electron chi connectivity index (χ3n) is 2.70. The Labute approximate surface area is 90.6 Å². The zero-order chi connectivity index (χ0) is 11.9. The molecule has 1 rings (SSSR count). The highest BCUT2D eigenvalue weighted by Crippen LogP contribution is 2.36. The molecule has 1 N–H and O–H groups in total. The van der Waals surface area contributed by atoms with Crippen LogP contribution in [0.15, 0.2) is 0 Å². The fourth-order valence-corrected chi connectivity index (χ4v) is 1.47. The quantitative estimate of drug-likeness (QED) is 0.710. The highest BCUT2D eigenvalue weighted by Gasteiger charge is 2.53. The van der Waals surface area contributed by atoms with Gasteiger partial charge in [-0.1, -0.05) is 27.7 Å². The summed E-state index contributed by atoms with van der Waals surface area (Å²) < 4.78 is 10.7. The maximum Gasteiger partial charge on any atom is 0.343 e. The van der Waals surface area contributed by atoms with Gasteiger partial charge in [0, 0.05) is 5.41 Å². The third-order valence-corrected chi connectivity index (χ3v) is 2.70. The van der Waals surface area contributed by atoms with Crippen molar-refractivity contribution >= 4 is 5.97 Å². The molecule has 4 nitrogen and oxygen atoms in total. The highest BCUT2D eigenvalue weighted by molar-refractivity contribution is 5.81. The van der Waals surface area contributed by atoms with E-state index in [1.54, 1.807) is 13.8 Å². The number of ether oxygens (including phenoxy) is 2. The van der Waals surface area contributed by atoms with Crippen LogP contribution >= 0.6 is 0 Å². The average molecular weight is 216 g/mol. The predicted octanol–water partition coefficient (Wildman–Crippen LogP) is 1.46. The van der Waals surface area contributed by atoms with Crippen molar-refractivity contribution in [3.63, 3.8) is 0 Å². The van der Waals surface area contributed by atoms with Crippen molar-refractivity contribution in [1.82, 2.24) is 0 Å². The van der Waals surface area contributed by atoms with Crippen LogP contribution in [-0.4, -0.2) is 29.1 Å². The first-order valence-corrected chi connectivity index (χ1v) is 5.28. The van der Waals surface area contributed by atoms with E-state index >= 15 is 0 Å². The first kappa shape index (κ1) is 12.5. The van der Waals surface area contributed by atoms with Gasteiger partial charge in [0.15, 0.2) is 5.60 Å². The van der Waals surface area contributed by atoms with Crippen LogP contribution in [-0.2, 0) is 14.3 Å². The van der Waals surface area contributed by atoms with Crippen molar-refractivity contribution in [1.29, 1.82) is 0 Å². The van der Waals surface area contributed by atoms with Crippen molar-refractivity contribution in [2.45, 2.75) is 59.0 Å². The molecule has 0 spiro atoms. The van der Waals surface area contributed by atoms with Gasteiger partial charge in [-0.2, -0.15) is 0 Å². The minimum atomic E-state index is -1.22. The summed E-state index contributed by atoms with van der Waals surface area (Å²) in [7, 11) is 0. The molecule has 1 fully saturated rings. The second-order valence-electron chi connectivity index (χ2n) is 5.25. The number of cyclic esters (lactones) is 1. The lowest BCUT2D eigenvalue weighted by Crippen LogP contribution is -2.45. The zero-order valence-corrected chi connectivity index (χ0v) is 10.0. The number of esters is 1. The lowest BCUT2D eigenvalue weighted by atomic mass is 9.95. The van der Waals surface area contributed by atoms with E-state index in [1.807, 2.05) is 20.8 Å². The van der Waals surface area contributed by atoms with Gasteiger partial charge in [-0.05, 0) is 13.3 Å². The van der Waals surface area contributed by atoms with Gasteiger partial charge in [0.25, 0.3) is 0 Å². The Morgan fingerprint density at radius 3 is 2.40 bits per heavy atom. The normalized spacial score (nSPS) is 34.0. The second kappa shape index (κ2) is 3.76. The molecule has 0 radical (unpaired) electrons. The topological polar surface area (TPSA) is 55.8 Å². The molecular formula is C11H20O4. The van der Waals surface area contributed by atoms with Gasteiger partial charge >= 0.3 is 5.97 Å². The van der Waals surface area contributed by atoms with Gasteiger partial charge in [-0.3, -0.25) is 0 Å².